The van der Waals surface area contributed by atoms with Crippen LogP contribution in [0.4, 0.5) is 5.69 Å². The lowest BCUT2D eigenvalue weighted by Crippen LogP contribution is -2.51. The number of nitrogens with zero attached hydrogens (tertiary/aromatic N) is 2. The second-order valence-electron chi connectivity index (χ2n) is 5.31. The summed E-state index contributed by atoms with van der Waals surface area (Å²) in [5, 5.41) is 10.3. The van der Waals surface area contributed by atoms with Gasteiger partial charge in [0, 0.05) is 25.7 Å². The molecule has 1 aliphatic rings. The summed E-state index contributed by atoms with van der Waals surface area (Å²) in [6.45, 7) is 10.4. The van der Waals surface area contributed by atoms with Crippen LogP contribution in [-0.4, -0.2) is 42.2 Å². The second-order valence-corrected chi connectivity index (χ2v) is 5.72. The molecular formula is C15H23ClN2O. The zero-order valence-corrected chi connectivity index (χ0v) is 12.7. The SMILES string of the molecule is CCN1CCN(c2ccc([C@H](C)O)cc2Cl)CC1C. The fraction of sp³-hybridized carbons (Fsp3) is 0.600. The van der Waals surface area contributed by atoms with Gasteiger partial charge in [-0.25, -0.2) is 0 Å². The molecule has 1 aromatic carbocycles. The number of hydrogen-bond donors (Lipinski definition) is 1. The molecule has 1 fully saturated rings. The third-order valence-electron chi connectivity index (χ3n) is 3.97. The molecule has 4 heteroatoms. The van der Waals surface area contributed by atoms with E-state index in [1.807, 2.05) is 18.2 Å². The highest BCUT2D eigenvalue weighted by atomic mass is 35.5. The standard InChI is InChI=1S/C15H23ClN2O/c1-4-17-7-8-18(10-11(17)2)15-6-5-13(12(3)19)9-14(15)16/h5-6,9,11-12,19H,4,7-8,10H2,1-3H3/t11?,12-/m0/s1. The Bertz CT molecular complexity index is 436. The van der Waals surface area contributed by atoms with Crippen LogP contribution in [0.15, 0.2) is 18.2 Å². The van der Waals surface area contributed by atoms with Crippen molar-refractivity contribution in [3.8, 4) is 0 Å². The lowest BCUT2D eigenvalue weighted by Gasteiger charge is -2.40. The zero-order chi connectivity index (χ0) is 14.0. The van der Waals surface area contributed by atoms with Crippen molar-refractivity contribution in [2.24, 2.45) is 0 Å². The Balaban J connectivity index is 2.15. The van der Waals surface area contributed by atoms with Gasteiger partial charge in [-0.1, -0.05) is 24.6 Å². The molecule has 0 aliphatic carbocycles. The van der Waals surface area contributed by atoms with Gasteiger partial charge in [0.2, 0.25) is 0 Å². The van der Waals surface area contributed by atoms with Gasteiger partial charge in [0.05, 0.1) is 16.8 Å². The smallest absolute Gasteiger partial charge is 0.0762 e. The van der Waals surface area contributed by atoms with E-state index in [0.29, 0.717) is 6.04 Å². The second kappa shape index (κ2) is 6.12. The fourth-order valence-electron chi connectivity index (χ4n) is 2.72. The molecule has 0 saturated carbocycles. The van der Waals surface area contributed by atoms with E-state index in [0.717, 1.165) is 42.5 Å². The molecule has 2 rings (SSSR count). The van der Waals surface area contributed by atoms with Gasteiger partial charge in [-0.3, -0.25) is 4.90 Å². The monoisotopic (exact) mass is 282 g/mol. The van der Waals surface area contributed by atoms with Crippen molar-refractivity contribution in [1.82, 2.24) is 4.90 Å². The van der Waals surface area contributed by atoms with Crippen LogP contribution >= 0.6 is 11.6 Å². The molecule has 0 radical (unpaired) electrons. The minimum atomic E-state index is -0.470. The summed E-state index contributed by atoms with van der Waals surface area (Å²) in [6.07, 6.45) is -0.470. The van der Waals surface area contributed by atoms with E-state index in [-0.39, 0.29) is 0 Å². The molecular weight excluding hydrogens is 260 g/mol. The van der Waals surface area contributed by atoms with Crippen molar-refractivity contribution < 1.29 is 5.11 Å². The molecule has 0 aromatic heterocycles. The van der Waals surface area contributed by atoms with E-state index in [4.69, 9.17) is 11.6 Å². The number of halogens is 1. The van der Waals surface area contributed by atoms with E-state index in [1.54, 1.807) is 6.92 Å². The summed E-state index contributed by atoms with van der Waals surface area (Å²) >= 11 is 6.36. The van der Waals surface area contributed by atoms with Gasteiger partial charge < -0.3 is 10.0 Å². The predicted octanol–water partition coefficient (Wildman–Crippen LogP) is 2.92. The Morgan fingerprint density at radius 1 is 1.42 bits per heavy atom. The van der Waals surface area contributed by atoms with Crippen LogP contribution in [0.1, 0.15) is 32.4 Å². The first-order chi connectivity index (χ1) is 9.02. The fourth-order valence-corrected chi connectivity index (χ4v) is 3.03. The molecule has 1 N–H and O–H groups in total. The minimum absolute atomic E-state index is 0.470. The molecule has 1 unspecified atom stereocenters. The highest BCUT2D eigenvalue weighted by Crippen LogP contribution is 2.30. The predicted molar refractivity (Wildman–Crippen MR) is 81.0 cm³/mol. The Morgan fingerprint density at radius 3 is 2.68 bits per heavy atom. The summed E-state index contributed by atoms with van der Waals surface area (Å²) in [5.41, 5.74) is 1.95. The first-order valence-corrected chi connectivity index (χ1v) is 7.37. The van der Waals surface area contributed by atoms with E-state index in [9.17, 15) is 5.11 Å². The Labute approximate surface area is 120 Å². The summed E-state index contributed by atoms with van der Waals surface area (Å²) in [7, 11) is 0. The summed E-state index contributed by atoms with van der Waals surface area (Å²) in [5.74, 6) is 0. The largest absolute Gasteiger partial charge is 0.389 e. The number of rotatable bonds is 3. The van der Waals surface area contributed by atoms with Crippen LogP contribution in [0.2, 0.25) is 5.02 Å². The van der Waals surface area contributed by atoms with E-state index in [1.165, 1.54) is 0 Å². The number of likely N-dealkylation sites (N-methyl/N-ethyl adjacent to an activating group) is 1. The van der Waals surface area contributed by atoms with Crippen molar-refractivity contribution in [1.29, 1.82) is 0 Å². The quantitative estimate of drug-likeness (QED) is 0.923. The Kier molecular flexibility index (Phi) is 4.71. The van der Waals surface area contributed by atoms with Crippen molar-refractivity contribution in [2.75, 3.05) is 31.1 Å². The lowest BCUT2D eigenvalue weighted by atomic mass is 10.1. The van der Waals surface area contributed by atoms with Gasteiger partial charge in [-0.05, 0) is 38.1 Å². The molecule has 1 saturated heterocycles. The van der Waals surface area contributed by atoms with Crippen LogP contribution in [0.25, 0.3) is 0 Å². The summed E-state index contributed by atoms with van der Waals surface area (Å²) in [6, 6.07) is 6.41. The van der Waals surface area contributed by atoms with Gasteiger partial charge in [0.1, 0.15) is 0 Å². The van der Waals surface area contributed by atoms with E-state index >= 15 is 0 Å². The maximum absolute atomic E-state index is 9.58. The molecule has 1 heterocycles. The Morgan fingerprint density at radius 2 is 2.16 bits per heavy atom. The average molecular weight is 283 g/mol. The minimum Gasteiger partial charge on any atom is -0.389 e. The van der Waals surface area contributed by atoms with Crippen LogP contribution in [0.3, 0.4) is 0 Å². The van der Waals surface area contributed by atoms with Crippen LogP contribution in [-0.2, 0) is 0 Å². The number of benzene rings is 1. The lowest BCUT2D eigenvalue weighted by molar-refractivity contribution is 0.198. The van der Waals surface area contributed by atoms with Gasteiger partial charge in [0.25, 0.3) is 0 Å². The average Bonchev–Trinajstić information content (AvgIpc) is 2.38. The maximum atomic E-state index is 9.58. The number of hydrogen-bond acceptors (Lipinski definition) is 3. The number of anilines is 1. The number of aliphatic hydroxyl groups is 1. The third-order valence-corrected chi connectivity index (χ3v) is 4.27. The van der Waals surface area contributed by atoms with Crippen LogP contribution in [0, 0.1) is 0 Å². The summed E-state index contributed by atoms with van der Waals surface area (Å²) in [4.78, 5) is 4.82. The van der Waals surface area contributed by atoms with Crippen molar-refractivity contribution in [2.45, 2.75) is 32.9 Å². The first kappa shape index (κ1) is 14.6. The first-order valence-electron chi connectivity index (χ1n) is 6.99. The highest BCUT2D eigenvalue weighted by molar-refractivity contribution is 6.33. The molecule has 3 nitrogen and oxygen atoms in total. The van der Waals surface area contributed by atoms with Crippen molar-refractivity contribution in [3.63, 3.8) is 0 Å². The number of aliphatic hydroxyl groups excluding tert-OH is 1. The van der Waals surface area contributed by atoms with E-state index < -0.39 is 6.10 Å². The van der Waals surface area contributed by atoms with Crippen LogP contribution < -0.4 is 4.90 Å². The Hall–Kier alpha value is -0.770. The highest BCUT2D eigenvalue weighted by Gasteiger charge is 2.23. The van der Waals surface area contributed by atoms with Gasteiger partial charge >= 0.3 is 0 Å². The molecule has 1 aliphatic heterocycles. The molecule has 0 amide bonds. The van der Waals surface area contributed by atoms with Crippen molar-refractivity contribution >= 4 is 17.3 Å². The van der Waals surface area contributed by atoms with Gasteiger partial charge in [0.15, 0.2) is 0 Å². The molecule has 0 bridgehead atoms. The molecule has 1 aromatic rings. The van der Waals surface area contributed by atoms with E-state index in [2.05, 4.69) is 23.6 Å². The maximum Gasteiger partial charge on any atom is 0.0762 e. The molecule has 2 atom stereocenters. The zero-order valence-electron chi connectivity index (χ0n) is 11.9. The number of piperazine rings is 1. The normalized spacial score (nSPS) is 22.6. The van der Waals surface area contributed by atoms with Gasteiger partial charge in [-0.15, -0.1) is 0 Å². The summed E-state index contributed by atoms with van der Waals surface area (Å²) < 4.78 is 0. The van der Waals surface area contributed by atoms with Crippen LogP contribution in [0.5, 0.6) is 0 Å². The third kappa shape index (κ3) is 3.22. The molecule has 106 valence electrons. The molecule has 0 spiro atoms. The molecule has 19 heavy (non-hydrogen) atoms. The van der Waals surface area contributed by atoms with Crippen molar-refractivity contribution in [3.05, 3.63) is 28.8 Å². The topological polar surface area (TPSA) is 26.7 Å². The van der Waals surface area contributed by atoms with Gasteiger partial charge in [-0.2, -0.15) is 0 Å².